The van der Waals surface area contributed by atoms with Crippen LogP contribution in [-0.2, 0) is 4.79 Å². The normalized spacial score (nSPS) is 14.3. The van der Waals surface area contributed by atoms with E-state index < -0.39 is 0 Å². The SMILES string of the molecule is CN(C)c1cc(C2CCN(C(=O)COc3ccc(F)cc3)CC2)nc(-c2cccnc2)n1. The molecule has 2 aromatic heterocycles. The lowest BCUT2D eigenvalue weighted by Gasteiger charge is -2.32. The highest BCUT2D eigenvalue weighted by molar-refractivity contribution is 5.77. The summed E-state index contributed by atoms with van der Waals surface area (Å²) in [6.45, 7) is 1.22. The molecule has 32 heavy (non-hydrogen) atoms. The minimum atomic E-state index is -0.334. The average Bonchev–Trinajstić information content (AvgIpc) is 2.84. The van der Waals surface area contributed by atoms with Crippen LogP contribution in [0.3, 0.4) is 0 Å². The number of halogens is 1. The van der Waals surface area contributed by atoms with Crippen LogP contribution in [-0.4, -0.2) is 59.6 Å². The Morgan fingerprint density at radius 2 is 1.91 bits per heavy atom. The Bertz CT molecular complexity index is 1050. The Hall–Kier alpha value is -3.55. The van der Waals surface area contributed by atoms with Gasteiger partial charge in [-0.2, -0.15) is 0 Å². The van der Waals surface area contributed by atoms with Crippen molar-refractivity contribution in [1.29, 1.82) is 0 Å². The van der Waals surface area contributed by atoms with Crippen molar-refractivity contribution in [3.05, 3.63) is 66.4 Å². The second-order valence-electron chi connectivity index (χ2n) is 8.01. The monoisotopic (exact) mass is 435 g/mol. The summed E-state index contributed by atoms with van der Waals surface area (Å²) in [6, 6.07) is 11.5. The van der Waals surface area contributed by atoms with Crippen LogP contribution in [0.15, 0.2) is 54.9 Å². The van der Waals surface area contributed by atoms with Gasteiger partial charge in [0.1, 0.15) is 17.4 Å². The highest BCUT2D eigenvalue weighted by Crippen LogP contribution is 2.30. The first-order chi connectivity index (χ1) is 15.5. The molecule has 0 spiro atoms. The fourth-order valence-electron chi connectivity index (χ4n) is 3.71. The molecule has 0 bridgehead atoms. The third kappa shape index (κ3) is 5.19. The number of hydrogen-bond donors (Lipinski definition) is 0. The van der Waals surface area contributed by atoms with Crippen LogP contribution in [0.1, 0.15) is 24.5 Å². The number of nitrogens with zero attached hydrogens (tertiary/aromatic N) is 5. The zero-order valence-electron chi connectivity index (χ0n) is 18.2. The minimum Gasteiger partial charge on any atom is -0.484 e. The number of hydrogen-bond acceptors (Lipinski definition) is 6. The summed E-state index contributed by atoms with van der Waals surface area (Å²) in [5.74, 6) is 1.83. The van der Waals surface area contributed by atoms with Crippen LogP contribution in [0.4, 0.5) is 10.2 Å². The van der Waals surface area contributed by atoms with E-state index in [0.29, 0.717) is 24.7 Å². The van der Waals surface area contributed by atoms with Crippen molar-refractivity contribution in [1.82, 2.24) is 19.9 Å². The average molecular weight is 436 g/mol. The van der Waals surface area contributed by atoms with E-state index in [1.165, 1.54) is 24.3 Å². The molecule has 1 fully saturated rings. The molecule has 1 amide bonds. The van der Waals surface area contributed by atoms with Gasteiger partial charge >= 0.3 is 0 Å². The molecule has 166 valence electrons. The number of pyridine rings is 1. The molecule has 0 unspecified atom stereocenters. The summed E-state index contributed by atoms with van der Waals surface area (Å²) in [6.07, 6.45) is 5.13. The van der Waals surface area contributed by atoms with Gasteiger partial charge in [-0.15, -0.1) is 0 Å². The van der Waals surface area contributed by atoms with Crippen LogP contribution in [0.2, 0.25) is 0 Å². The van der Waals surface area contributed by atoms with Gasteiger partial charge < -0.3 is 14.5 Å². The number of carbonyl (C=O) groups excluding carboxylic acids is 1. The largest absolute Gasteiger partial charge is 0.484 e. The van der Waals surface area contributed by atoms with Crippen LogP contribution in [0.25, 0.3) is 11.4 Å². The summed E-state index contributed by atoms with van der Waals surface area (Å²) < 4.78 is 18.5. The van der Waals surface area contributed by atoms with Gasteiger partial charge in [-0.1, -0.05) is 0 Å². The van der Waals surface area contributed by atoms with Crippen molar-refractivity contribution in [3.63, 3.8) is 0 Å². The molecule has 0 radical (unpaired) electrons. The van der Waals surface area contributed by atoms with Gasteiger partial charge in [-0.3, -0.25) is 9.78 Å². The lowest BCUT2D eigenvalue weighted by molar-refractivity contribution is -0.134. The summed E-state index contributed by atoms with van der Waals surface area (Å²) in [5, 5.41) is 0. The van der Waals surface area contributed by atoms with E-state index in [1.54, 1.807) is 12.4 Å². The summed E-state index contributed by atoms with van der Waals surface area (Å²) in [4.78, 5) is 30.0. The molecule has 0 saturated carbocycles. The van der Waals surface area contributed by atoms with Gasteiger partial charge in [0.2, 0.25) is 0 Å². The van der Waals surface area contributed by atoms with Crippen LogP contribution in [0, 0.1) is 5.82 Å². The molecule has 0 aliphatic carbocycles. The smallest absolute Gasteiger partial charge is 0.260 e. The number of carbonyl (C=O) groups is 1. The molecule has 1 aliphatic rings. The molecule has 3 heterocycles. The zero-order valence-corrected chi connectivity index (χ0v) is 18.2. The number of rotatable bonds is 6. The standard InChI is InChI=1S/C24H26FN5O2/c1-29(2)22-14-21(27-24(28-22)18-4-3-11-26-15-18)17-9-12-30(13-10-17)23(31)16-32-20-7-5-19(25)6-8-20/h3-8,11,14-15,17H,9-10,12-13,16H2,1-2H3. The second kappa shape index (κ2) is 9.72. The quantitative estimate of drug-likeness (QED) is 0.590. The number of ether oxygens (including phenoxy) is 1. The number of likely N-dealkylation sites (tertiary alicyclic amines) is 1. The maximum atomic E-state index is 13.0. The van der Waals surface area contributed by atoms with Gasteiger partial charge in [0, 0.05) is 62.8 Å². The molecule has 3 aromatic rings. The molecule has 4 rings (SSSR count). The van der Waals surface area contributed by atoms with Gasteiger partial charge in [0.05, 0.1) is 0 Å². The topological polar surface area (TPSA) is 71.5 Å². The third-order valence-corrected chi connectivity index (χ3v) is 5.55. The maximum absolute atomic E-state index is 13.0. The Balaban J connectivity index is 1.40. The first kappa shape index (κ1) is 21.7. The Morgan fingerprint density at radius 3 is 2.56 bits per heavy atom. The van der Waals surface area contributed by atoms with Crippen molar-refractivity contribution >= 4 is 11.7 Å². The van der Waals surface area contributed by atoms with Gasteiger partial charge in [0.15, 0.2) is 12.4 Å². The fourth-order valence-corrected chi connectivity index (χ4v) is 3.71. The Morgan fingerprint density at radius 1 is 1.16 bits per heavy atom. The van der Waals surface area contributed by atoms with E-state index in [1.807, 2.05) is 42.1 Å². The number of aromatic nitrogens is 3. The molecule has 1 aliphatic heterocycles. The lowest BCUT2D eigenvalue weighted by Crippen LogP contribution is -2.40. The van der Waals surface area contributed by atoms with Crippen molar-refractivity contribution in [2.75, 3.05) is 38.7 Å². The first-order valence-electron chi connectivity index (χ1n) is 10.6. The molecule has 7 nitrogen and oxygen atoms in total. The highest BCUT2D eigenvalue weighted by Gasteiger charge is 2.26. The molecule has 8 heteroatoms. The number of benzene rings is 1. The van der Waals surface area contributed by atoms with Gasteiger partial charge in [0.25, 0.3) is 5.91 Å². The fraction of sp³-hybridized carbons (Fsp3) is 0.333. The van der Waals surface area contributed by atoms with E-state index in [9.17, 15) is 9.18 Å². The van der Waals surface area contributed by atoms with E-state index in [-0.39, 0.29) is 24.2 Å². The van der Waals surface area contributed by atoms with Crippen LogP contribution in [0.5, 0.6) is 5.75 Å². The number of anilines is 1. The molecular formula is C24H26FN5O2. The van der Waals surface area contributed by atoms with E-state index in [4.69, 9.17) is 9.72 Å². The van der Waals surface area contributed by atoms with E-state index >= 15 is 0 Å². The molecular weight excluding hydrogens is 409 g/mol. The summed E-state index contributed by atoms with van der Waals surface area (Å²) in [7, 11) is 3.92. The van der Waals surface area contributed by atoms with Crippen molar-refractivity contribution < 1.29 is 13.9 Å². The second-order valence-corrected chi connectivity index (χ2v) is 8.01. The molecule has 0 N–H and O–H groups in total. The number of piperidine rings is 1. The maximum Gasteiger partial charge on any atom is 0.260 e. The highest BCUT2D eigenvalue weighted by atomic mass is 19.1. The molecule has 1 saturated heterocycles. The first-order valence-corrected chi connectivity index (χ1v) is 10.6. The zero-order chi connectivity index (χ0) is 22.5. The van der Waals surface area contributed by atoms with Crippen molar-refractivity contribution in [2.24, 2.45) is 0 Å². The van der Waals surface area contributed by atoms with Gasteiger partial charge in [-0.25, -0.2) is 14.4 Å². The number of amides is 1. The van der Waals surface area contributed by atoms with E-state index in [0.717, 1.165) is 29.9 Å². The predicted octanol–water partition coefficient (Wildman–Crippen LogP) is 3.53. The predicted molar refractivity (Wildman–Crippen MR) is 120 cm³/mol. The lowest BCUT2D eigenvalue weighted by atomic mass is 9.93. The van der Waals surface area contributed by atoms with Crippen LogP contribution < -0.4 is 9.64 Å². The van der Waals surface area contributed by atoms with Gasteiger partial charge in [-0.05, 0) is 49.2 Å². The van der Waals surface area contributed by atoms with Crippen molar-refractivity contribution in [3.8, 4) is 17.1 Å². The third-order valence-electron chi connectivity index (χ3n) is 5.55. The van der Waals surface area contributed by atoms with Crippen LogP contribution >= 0.6 is 0 Å². The summed E-state index contributed by atoms with van der Waals surface area (Å²) >= 11 is 0. The Labute approximate surface area is 186 Å². The summed E-state index contributed by atoms with van der Waals surface area (Å²) in [5.41, 5.74) is 1.86. The molecule has 0 atom stereocenters. The Kier molecular flexibility index (Phi) is 6.58. The molecule has 1 aromatic carbocycles. The minimum absolute atomic E-state index is 0.0558. The van der Waals surface area contributed by atoms with Crippen molar-refractivity contribution in [2.45, 2.75) is 18.8 Å². The van der Waals surface area contributed by atoms with E-state index in [2.05, 4.69) is 9.97 Å².